The van der Waals surface area contributed by atoms with Crippen LogP contribution in [-0.4, -0.2) is 29.2 Å². The van der Waals surface area contributed by atoms with E-state index in [-0.39, 0.29) is 0 Å². The van der Waals surface area contributed by atoms with Crippen LogP contribution >= 0.6 is 11.6 Å². The van der Waals surface area contributed by atoms with Crippen LogP contribution in [0.4, 0.5) is 5.82 Å². The summed E-state index contributed by atoms with van der Waals surface area (Å²) in [7, 11) is 3.23. The van der Waals surface area contributed by atoms with Crippen molar-refractivity contribution in [3.63, 3.8) is 0 Å². The third-order valence-electron chi connectivity index (χ3n) is 4.48. The lowest BCUT2D eigenvalue weighted by molar-refractivity contribution is 0.404. The number of rotatable bonds is 4. The predicted octanol–water partition coefficient (Wildman–Crippen LogP) is 4.61. The molecule has 2 N–H and O–H groups in total. The van der Waals surface area contributed by atoms with Crippen molar-refractivity contribution in [3.05, 3.63) is 59.9 Å². The number of aromatic nitrogens is 3. The quantitative estimate of drug-likeness (QED) is 0.546. The Labute approximate surface area is 166 Å². The number of nitrogens with two attached hydrogens (primary N) is 1. The van der Waals surface area contributed by atoms with Crippen LogP contribution in [0, 0.1) is 0 Å². The van der Waals surface area contributed by atoms with Crippen LogP contribution < -0.4 is 15.2 Å². The van der Waals surface area contributed by atoms with Gasteiger partial charge in [0.2, 0.25) is 0 Å². The first-order chi connectivity index (χ1) is 13.6. The van der Waals surface area contributed by atoms with Crippen molar-refractivity contribution < 1.29 is 9.47 Å². The highest BCUT2D eigenvalue weighted by molar-refractivity contribution is 6.33. The van der Waals surface area contributed by atoms with E-state index < -0.39 is 0 Å². The minimum Gasteiger partial charge on any atom is -0.497 e. The van der Waals surface area contributed by atoms with Crippen molar-refractivity contribution in [2.24, 2.45) is 0 Å². The van der Waals surface area contributed by atoms with E-state index in [1.54, 1.807) is 14.2 Å². The Morgan fingerprint density at radius 2 is 1.71 bits per heavy atom. The molecule has 6 nitrogen and oxygen atoms in total. The number of benzene rings is 2. The zero-order valence-electron chi connectivity index (χ0n) is 15.3. The molecule has 0 aliphatic rings. The highest BCUT2D eigenvalue weighted by Gasteiger charge is 2.17. The predicted molar refractivity (Wildman–Crippen MR) is 111 cm³/mol. The summed E-state index contributed by atoms with van der Waals surface area (Å²) in [4.78, 5) is 13.1. The Hall–Kier alpha value is -3.38. The molecule has 0 amide bonds. The third-order valence-corrected chi connectivity index (χ3v) is 4.81. The lowest BCUT2D eigenvalue weighted by Gasteiger charge is -2.14. The molecule has 0 fully saturated rings. The number of nitrogen functional groups attached to an aromatic ring is 1. The number of pyridine rings is 1. The maximum Gasteiger partial charge on any atom is 0.165 e. The maximum absolute atomic E-state index is 6.47. The summed E-state index contributed by atoms with van der Waals surface area (Å²) < 4.78 is 10.9. The standard InChI is InChI=1S/C21H17ClN4O2/c1-27-12-7-8-18(28-2)15(9-12)17-10-14(13-5-3-4-6-16(13)22)19-20(23)24-11-25-21(19)26-17/h3-11H,1-2H3,(H2,23,24,25,26). The Balaban J connectivity index is 2.07. The van der Waals surface area contributed by atoms with Gasteiger partial charge in [-0.2, -0.15) is 0 Å². The van der Waals surface area contributed by atoms with Gasteiger partial charge in [-0.25, -0.2) is 15.0 Å². The Morgan fingerprint density at radius 3 is 2.46 bits per heavy atom. The molecule has 0 saturated heterocycles. The van der Waals surface area contributed by atoms with Crippen LogP contribution in [0.2, 0.25) is 5.02 Å². The maximum atomic E-state index is 6.47. The van der Waals surface area contributed by atoms with Crippen molar-refractivity contribution >= 4 is 28.5 Å². The minimum atomic E-state index is 0.344. The normalized spacial score (nSPS) is 10.8. The fourth-order valence-electron chi connectivity index (χ4n) is 3.13. The molecule has 2 aromatic carbocycles. The summed E-state index contributed by atoms with van der Waals surface area (Å²) in [6, 6.07) is 15.0. The van der Waals surface area contributed by atoms with E-state index in [4.69, 9.17) is 31.8 Å². The summed E-state index contributed by atoms with van der Waals surface area (Å²) in [5.74, 6) is 1.70. The second-order valence-corrected chi connectivity index (χ2v) is 6.47. The number of nitrogens with zero attached hydrogens (tertiary/aromatic N) is 3. The first-order valence-corrected chi connectivity index (χ1v) is 8.88. The highest BCUT2D eigenvalue weighted by Crippen LogP contribution is 2.39. The third kappa shape index (κ3) is 3.08. The van der Waals surface area contributed by atoms with Crippen LogP contribution in [-0.2, 0) is 0 Å². The van der Waals surface area contributed by atoms with Crippen molar-refractivity contribution in [1.29, 1.82) is 0 Å². The summed E-state index contributed by atoms with van der Waals surface area (Å²) in [5.41, 5.74) is 9.69. The van der Waals surface area contributed by atoms with Crippen molar-refractivity contribution in [3.8, 4) is 33.9 Å². The first-order valence-electron chi connectivity index (χ1n) is 8.51. The molecule has 28 heavy (non-hydrogen) atoms. The monoisotopic (exact) mass is 392 g/mol. The van der Waals surface area contributed by atoms with Gasteiger partial charge in [-0.1, -0.05) is 29.8 Å². The van der Waals surface area contributed by atoms with E-state index in [2.05, 4.69) is 9.97 Å². The fraction of sp³-hybridized carbons (Fsp3) is 0.0952. The van der Waals surface area contributed by atoms with Crippen LogP contribution in [0.15, 0.2) is 54.9 Å². The lowest BCUT2D eigenvalue weighted by Crippen LogP contribution is -2.00. The molecule has 0 spiro atoms. The number of methoxy groups -OCH3 is 2. The van der Waals surface area contributed by atoms with Crippen molar-refractivity contribution in [2.45, 2.75) is 0 Å². The first kappa shape index (κ1) is 18.0. The summed E-state index contributed by atoms with van der Waals surface area (Å²) in [6.45, 7) is 0. The van der Waals surface area contributed by atoms with Crippen molar-refractivity contribution in [1.82, 2.24) is 15.0 Å². The largest absolute Gasteiger partial charge is 0.497 e. The van der Waals surface area contributed by atoms with Gasteiger partial charge in [0.05, 0.1) is 25.3 Å². The average Bonchev–Trinajstić information content (AvgIpc) is 2.73. The molecular formula is C21H17ClN4O2. The molecule has 0 unspecified atom stereocenters. The second kappa shape index (κ2) is 7.32. The van der Waals surface area contributed by atoms with Crippen LogP contribution in [0.1, 0.15) is 0 Å². The highest BCUT2D eigenvalue weighted by atomic mass is 35.5. The smallest absolute Gasteiger partial charge is 0.165 e. The van der Waals surface area contributed by atoms with Gasteiger partial charge in [0.15, 0.2) is 5.65 Å². The van der Waals surface area contributed by atoms with E-state index in [1.807, 2.05) is 48.5 Å². The number of fused-ring (bicyclic) bond motifs is 1. The van der Waals surface area contributed by atoms with Crippen LogP contribution in [0.5, 0.6) is 11.5 Å². The molecule has 0 saturated carbocycles. The van der Waals surface area contributed by atoms with Crippen LogP contribution in [0.25, 0.3) is 33.4 Å². The number of anilines is 1. The van der Waals surface area contributed by atoms with E-state index in [1.165, 1.54) is 6.33 Å². The minimum absolute atomic E-state index is 0.344. The van der Waals surface area contributed by atoms with Gasteiger partial charge >= 0.3 is 0 Å². The molecule has 2 heterocycles. The zero-order valence-corrected chi connectivity index (χ0v) is 16.1. The number of halogens is 1. The van der Waals surface area contributed by atoms with E-state index in [9.17, 15) is 0 Å². The molecule has 0 bridgehead atoms. The van der Waals surface area contributed by atoms with E-state index in [0.29, 0.717) is 39.1 Å². The molecule has 2 aromatic heterocycles. The zero-order chi connectivity index (χ0) is 19.7. The van der Waals surface area contributed by atoms with E-state index in [0.717, 1.165) is 16.7 Å². The topological polar surface area (TPSA) is 83.2 Å². The van der Waals surface area contributed by atoms with Gasteiger partial charge in [-0.05, 0) is 30.3 Å². The number of hydrogen-bond acceptors (Lipinski definition) is 6. The molecule has 140 valence electrons. The molecule has 0 radical (unpaired) electrons. The van der Waals surface area contributed by atoms with E-state index >= 15 is 0 Å². The van der Waals surface area contributed by atoms with Gasteiger partial charge in [-0.3, -0.25) is 0 Å². The number of hydrogen-bond donors (Lipinski definition) is 1. The molecule has 0 aliphatic heterocycles. The second-order valence-electron chi connectivity index (χ2n) is 6.06. The van der Waals surface area contributed by atoms with Gasteiger partial charge in [0.25, 0.3) is 0 Å². The lowest BCUT2D eigenvalue weighted by atomic mass is 9.99. The summed E-state index contributed by atoms with van der Waals surface area (Å²) >= 11 is 6.47. The summed E-state index contributed by atoms with van der Waals surface area (Å²) in [5, 5.41) is 1.25. The fourth-order valence-corrected chi connectivity index (χ4v) is 3.37. The molecule has 7 heteroatoms. The summed E-state index contributed by atoms with van der Waals surface area (Å²) in [6.07, 6.45) is 1.40. The number of ether oxygens (including phenoxy) is 2. The molecule has 0 atom stereocenters. The van der Waals surface area contributed by atoms with Gasteiger partial charge < -0.3 is 15.2 Å². The molecular weight excluding hydrogens is 376 g/mol. The van der Waals surface area contributed by atoms with Gasteiger partial charge in [0.1, 0.15) is 23.6 Å². The Bertz CT molecular complexity index is 1180. The Morgan fingerprint density at radius 1 is 0.893 bits per heavy atom. The molecule has 4 rings (SSSR count). The SMILES string of the molecule is COc1ccc(OC)c(-c2cc(-c3ccccc3Cl)c3c(N)ncnc3n2)c1. The Kier molecular flexibility index (Phi) is 4.71. The molecule has 0 aliphatic carbocycles. The van der Waals surface area contributed by atoms with Gasteiger partial charge in [0, 0.05) is 21.7 Å². The van der Waals surface area contributed by atoms with Gasteiger partial charge in [-0.15, -0.1) is 0 Å². The average molecular weight is 393 g/mol. The molecule has 4 aromatic rings. The van der Waals surface area contributed by atoms with Crippen molar-refractivity contribution in [2.75, 3.05) is 20.0 Å². The van der Waals surface area contributed by atoms with Crippen LogP contribution in [0.3, 0.4) is 0 Å².